The molecule has 0 bridgehead atoms. The molecule has 0 aliphatic rings. The SMILES string of the molecule is CC(C)CC(C)OCC(O)CNCc1cc(F)ccc1F. The van der Waals surface area contributed by atoms with Crippen LogP contribution < -0.4 is 5.32 Å². The third-order valence-electron chi connectivity index (χ3n) is 3.08. The molecule has 0 spiro atoms. The number of nitrogens with one attached hydrogen (secondary N) is 1. The minimum Gasteiger partial charge on any atom is -0.389 e. The number of aliphatic hydroxyl groups is 1. The number of halogens is 2. The maximum absolute atomic E-state index is 13.4. The van der Waals surface area contributed by atoms with Gasteiger partial charge in [-0.2, -0.15) is 0 Å². The van der Waals surface area contributed by atoms with E-state index in [1.165, 1.54) is 0 Å². The van der Waals surface area contributed by atoms with Gasteiger partial charge in [0.15, 0.2) is 0 Å². The van der Waals surface area contributed by atoms with Crippen LogP contribution in [-0.2, 0) is 11.3 Å². The zero-order valence-corrected chi connectivity index (χ0v) is 12.9. The fourth-order valence-electron chi connectivity index (χ4n) is 2.12. The van der Waals surface area contributed by atoms with Gasteiger partial charge in [-0.3, -0.25) is 0 Å². The zero-order valence-electron chi connectivity index (χ0n) is 12.9. The van der Waals surface area contributed by atoms with Gasteiger partial charge in [0.05, 0.1) is 18.8 Å². The summed E-state index contributed by atoms with van der Waals surface area (Å²) in [5, 5.41) is 12.7. The van der Waals surface area contributed by atoms with Gasteiger partial charge >= 0.3 is 0 Å². The molecule has 0 radical (unpaired) electrons. The molecular weight excluding hydrogens is 276 g/mol. The van der Waals surface area contributed by atoms with E-state index >= 15 is 0 Å². The Kier molecular flexibility index (Phi) is 7.78. The lowest BCUT2D eigenvalue weighted by molar-refractivity contribution is -0.00859. The van der Waals surface area contributed by atoms with E-state index < -0.39 is 17.7 Å². The minimum absolute atomic E-state index is 0.0975. The molecular formula is C16H25F2NO2. The van der Waals surface area contributed by atoms with Crippen molar-refractivity contribution in [2.24, 2.45) is 5.92 Å². The van der Waals surface area contributed by atoms with Crippen molar-refractivity contribution < 1.29 is 18.6 Å². The van der Waals surface area contributed by atoms with E-state index in [9.17, 15) is 13.9 Å². The van der Waals surface area contributed by atoms with Crippen molar-refractivity contribution in [2.45, 2.75) is 45.9 Å². The van der Waals surface area contributed by atoms with Gasteiger partial charge in [0.1, 0.15) is 11.6 Å². The average molecular weight is 301 g/mol. The molecule has 120 valence electrons. The van der Waals surface area contributed by atoms with Gasteiger partial charge in [-0.05, 0) is 37.5 Å². The number of benzene rings is 1. The van der Waals surface area contributed by atoms with Gasteiger partial charge in [-0.25, -0.2) is 8.78 Å². The van der Waals surface area contributed by atoms with Crippen LogP contribution in [0.1, 0.15) is 32.8 Å². The number of hydrogen-bond donors (Lipinski definition) is 2. The van der Waals surface area contributed by atoms with Gasteiger partial charge in [0.2, 0.25) is 0 Å². The lowest BCUT2D eigenvalue weighted by atomic mass is 10.1. The highest BCUT2D eigenvalue weighted by atomic mass is 19.1. The van der Waals surface area contributed by atoms with Crippen LogP contribution in [0.4, 0.5) is 8.78 Å². The van der Waals surface area contributed by atoms with Crippen LogP contribution >= 0.6 is 0 Å². The van der Waals surface area contributed by atoms with E-state index in [1.54, 1.807) is 0 Å². The highest BCUT2D eigenvalue weighted by molar-refractivity contribution is 5.18. The molecule has 0 aliphatic carbocycles. The molecule has 0 amide bonds. The summed E-state index contributed by atoms with van der Waals surface area (Å²) in [6, 6.07) is 3.33. The minimum atomic E-state index is -0.670. The fraction of sp³-hybridized carbons (Fsp3) is 0.625. The molecule has 2 atom stereocenters. The molecule has 5 heteroatoms. The van der Waals surface area contributed by atoms with E-state index in [0.717, 1.165) is 24.6 Å². The second kappa shape index (κ2) is 9.07. The maximum Gasteiger partial charge on any atom is 0.127 e. The van der Waals surface area contributed by atoms with Crippen molar-refractivity contribution in [1.82, 2.24) is 5.32 Å². The van der Waals surface area contributed by atoms with Crippen LogP contribution in [0.3, 0.4) is 0 Å². The molecule has 0 heterocycles. The van der Waals surface area contributed by atoms with Crippen LogP contribution in [0.5, 0.6) is 0 Å². The fourth-order valence-corrected chi connectivity index (χ4v) is 2.12. The smallest absolute Gasteiger partial charge is 0.127 e. The molecule has 0 saturated heterocycles. The number of rotatable bonds is 9. The summed E-state index contributed by atoms with van der Waals surface area (Å²) < 4.78 is 31.9. The Labute approximate surface area is 125 Å². The van der Waals surface area contributed by atoms with Crippen molar-refractivity contribution in [3.05, 3.63) is 35.4 Å². The lowest BCUT2D eigenvalue weighted by Gasteiger charge is -2.18. The molecule has 0 saturated carbocycles. The van der Waals surface area contributed by atoms with Gasteiger partial charge in [0, 0.05) is 18.7 Å². The Morgan fingerprint density at radius 1 is 1.24 bits per heavy atom. The summed E-state index contributed by atoms with van der Waals surface area (Å²) in [7, 11) is 0. The summed E-state index contributed by atoms with van der Waals surface area (Å²) in [6.07, 6.45) is 0.366. The summed E-state index contributed by atoms with van der Waals surface area (Å²) in [4.78, 5) is 0. The molecule has 1 rings (SSSR count). The highest BCUT2D eigenvalue weighted by Gasteiger charge is 2.10. The quantitative estimate of drug-likeness (QED) is 0.737. The summed E-state index contributed by atoms with van der Waals surface area (Å²) in [5.74, 6) is -0.383. The van der Waals surface area contributed by atoms with Gasteiger partial charge in [-0.1, -0.05) is 13.8 Å². The zero-order chi connectivity index (χ0) is 15.8. The first kappa shape index (κ1) is 18.0. The summed E-state index contributed by atoms with van der Waals surface area (Å²) in [6.45, 7) is 6.87. The standard InChI is InChI=1S/C16H25F2NO2/c1-11(2)6-12(3)21-10-15(20)9-19-8-13-7-14(17)4-5-16(13)18/h4-5,7,11-12,15,19-20H,6,8-10H2,1-3H3. The molecule has 21 heavy (non-hydrogen) atoms. The molecule has 2 unspecified atom stereocenters. The second-order valence-corrected chi connectivity index (χ2v) is 5.79. The first-order valence-corrected chi connectivity index (χ1v) is 7.32. The van der Waals surface area contributed by atoms with Crippen molar-refractivity contribution in [3.8, 4) is 0 Å². The van der Waals surface area contributed by atoms with Crippen LogP contribution in [-0.4, -0.2) is 30.5 Å². The first-order valence-electron chi connectivity index (χ1n) is 7.32. The van der Waals surface area contributed by atoms with Gasteiger partial charge in [-0.15, -0.1) is 0 Å². The maximum atomic E-state index is 13.4. The molecule has 3 nitrogen and oxygen atoms in total. The van der Waals surface area contributed by atoms with E-state index in [1.807, 2.05) is 6.92 Å². The van der Waals surface area contributed by atoms with Crippen LogP contribution in [0.15, 0.2) is 18.2 Å². The normalized spacial score (nSPS) is 14.4. The Hall–Kier alpha value is -1.04. The van der Waals surface area contributed by atoms with Crippen LogP contribution in [0, 0.1) is 17.6 Å². The highest BCUT2D eigenvalue weighted by Crippen LogP contribution is 2.09. The van der Waals surface area contributed by atoms with Gasteiger partial charge in [0.25, 0.3) is 0 Å². The monoisotopic (exact) mass is 301 g/mol. The molecule has 2 N–H and O–H groups in total. The van der Waals surface area contributed by atoms with Gasteiger partial charge < -0.3 is 15.2 Å². The Morgan fingerprint density at radius 2 is 1.95 bits per heavy atom. The molecule has 1 aromatic rings. The van der Waals surface area contributed by atoms with Crippen molar-refractivity contribution in [1.29, 1.82) is 0 Å². The largest absolute Gasteiger partial charge is 0.389 e. The second-order valence-electron chi connectivity index (χ2n) is 5.79. The number of hydrogen-bond acceptors (Lipinski definition) is 3. The topological polar surface area (TPSA) is 41.5 Å². The van der Waals surface area contributed by atoms with E-state index in [-0.39, 0.29) is 31.4 Å². The van der Waals surface area contributed by atoms with E-state index in [4.69, 9.17) is 4.74 Å². The Balaban J connectivity index is 2.24. The molecule has 0 fully saturated rings. The Bertz CT molecular complexity index is 427. The van der Waals surface area contributed by atoms with Crippen molar-refractivity contribution in [3.63, 3.8) is 0 Å². The molecule has 0 aliphatic heterocycles. The van der Waals surface area contributed by atoms with Crippen molar-refractivity contribution >= 4 is 0 Å². The van der Waals surface area contributed by atoms with E-state index in [2.05, 4.69) is 19.2 Å². The van der Waals surface area contributed by atoms with Crippen LogP contribution in [0.25, 0.3) is 0 Å². The predicted octanol–water partition coefficient (Wildman–Crippen LogP) is 2.87. The number of ether oxygens (including phenoxy) is 1. The van der Waals surface area contributed by atoms with E-state index in [0.29, 0.717) is 5.92 Å². The third kappa shape index (κ3) is 7.50. The first-order chi connectivity index (χ1) is 9.88. The third-order valence-corrected chi connectivity index (χ3v) is 3.08. The molecule has 1 aromatic carbocycles. The average Bonchev–Trinajstić information content (AvgIpc) is 2.39. The summed E-state index contributed by atoms with van der Waals surface area (Å²) in [5.41, 5.74) is 0.247. The van der Waals surface area contributed by atoms with Crippen LogP contribution in [0.2, 0.25) is 0 Å². The predicted molar refractivity (Wildman–Crippen MR) is 78.9 cm³/mol. The van der Waals surface area contributed by atoms with Crippen molar-refractivity contribution in [2.75, 3.05) is 13.2 Å². The summed E-state index contributed by atoms with van der Waals surface area (Å²) >= 11 is 0. The Morgan fingerprint density at radius 3 is 2.62 bits per heavy atom. The number of aliphatic hydroxyl groups excluding tert-OH is 1. The lowest BCUT2D eigenvalue weighted by Crippen LogP contribution is -2.31. The molecule has 0 aromatic heterocycles.